The maximum atomic E-state index is 10.8. The van der Waals surface area contributed by atoms with Gasteiger partial charge in [0.2, 0.25) is 0 Å². The van der Waals surface area contributed by atoms with Crippen LogP contribution in [0.15, 0.2) is 4.99 Å². The number of rotatable bonds is 1. The standard InChI is InChI=1S/C9H13NO2/c11-8-6-12-9(10-8)7-4-2-1-3-5-7/h7H,1-6H2. The molecule has 1 saturated carbocycles. The fraction of sp³-hybridized carbons (Fsp3) is 0.778. The van der Waals surface area contributed by atoms with Crippen molar-refractivity contribution in [1.82, 2.24) is 0 Å². The number of aliphatic imine (C=N–C) groups is 1. The molecule has 0 atom stereocenters. The zero-order valence-electron chi connectivity index (χ0n) is 7.08. The molecule has 2 aliphatic rings. The van der Waals surface area contributed by atoms with Gasteiger partial charge in [-0.2, -0.15) is 4.99 Å². The number of hydrogen-bond donors (Lipinski definition) is 0. The topological polar surface area (TPSA) is 38.7 Å². The van der Waals surface area contributed by atoms with Crippen LogP contribution in [0.1, 0.15) is 32.1 Å². The van der Waals surface area contributed by atoms with Crippen LogP contribution in [0, 0.1) is 5.92 Å². The van der Waals surface area contributed by atoms with Crippen LogP contribution in [-0.2, 0) is 9.53 Å². The van der Waals surface area contributed by atoms with Crippen molar-refractivity contribution in [3.63, 3.8) is 0 Å². The quantitative estimate of drug-likeness (QED) is 0.594. The average molecular weight is 167 g/mol. The molecule has 0 saturated heterocycles. The first-order chi connectivity index (χ1) is 5.86. The summed E-state index contributed by atoms with van der Waals surface area (Å²) in [6.07, 6.45) is 6.11. The van der Waals surface area contributed by atoms with Crippen LogP contribution in [0.25, 0.3) is 0 Å². The largest absolute Gasteiger partial charge is 0.470 e. The summed E-state index contributed by atoms with van der Waals surface area (Å²) >= 11 is 0. The highest BCUT2D eigenvalue weighted by Gasteiger charge is 2.25. The third-order valence-corrected chi connectivity index (χ3v) is 2.53. The molecule has 12 heavy (non-hydrogen) atoms. The molecular weight excluding hydrogens is 154 g/mol. The lowest BCUT2D eigenvalue weighted by molar-refractivity contribution is -0.118. The molecule has 3 nitrogen and oxygen atoms in total. The highest BCUT2D eigenvalue weighted by molar-refractivity contribution is 5.98. The van der Waals surface area contributed by atoms with Gasteiger partial charge in [-0.15, -0.1) is 0 Å². The minimum Gasteiger partial charge on any atom is -0.470 e. The zero-order chi connectivity index (χ0) is 8.39. The average Bonchev–Trinajstić information content (AvgIpc) is 2.54. The Bertz CT molecular complexity index is 217. The molecule has 0 aromatic heterocycles. The highest BCUT2D eigenvalue weighted by Crippen LogP contribution is 2.26. The second-order valence-corrected chi connectivity index (χ2v) is 3.47. The predicted octanol–water partition coefficient (Wildman–Crippen LogP) is 1.52. The van der Waals surface area contributed by atoms with Gasteiger partial charge < -0.3 is 4.74 Å². The summed E-state index contributed by atoms with van der Waals surface area (Å²) < 4.78 is 5.21. The normalized spacial score (nSPS) is 25.3. The lowest BCUT2D eigenvalue weighted by atomic mass is 9.89. The molecule has 0 N–H and O–H groups in total. The Morgan fingerprint density at radius 2 is 2.00 bits per heavy atom. The van der Waals surface area contributed by atoms with Crippen molar-refractivity contribution < 1.29 is 9.53 Å². The smallest absolute Gasteiger partial charge is 0.286 e. The van der Waals surface area contributed by atoms with Crippen molar-refractivity contribution in [1.29, 1.82) is 0 Å². The molecular formula is C9H13NO2. The Hall–Kier alpha value is -0.860. The van der Waals surface area contributed by atoms with Gasteiger partial charge in [0, 0.05) is 5.92 Å². The predicted molar refractivity (Wildman–Crippen MR) is 45.0 cm³/mol. The third kappa shape index (κ3) is 1.49. The van der Waals surface area contributed by atoms with Gasteiger partial charge in [-0.25, -0.2) is 0 Å². The minimum absolute atomic E-state index is 0.115. The van der Waals surface area contributed by atoms with E-state index in [2.05, 4.69) is 4.99 Å². The van der Waals surface area contributed by atoms with Crippen molar-refractivity contribution in [3.8, 4) is 0 Å². The first-order valence-corrected chi connectivity index (χ1v) is 4.60. The molecule has 1 aliphatic carbocycles. The van der Waals surface area contributed by atoms with Crippen LogP contribution in [0.5, 0.6) is 0 Å². The number of carbonyl (C=O) groups excluding carboxylic acids is 1. The van der Waals surface area contributed by atoms with E-state index >= 15 is 0 Å². The summed E-state index contributed by atoms with van der Waals surface area (Å²) in [4.78, 5) is 14.7. The van der Waals surface area contributed by atoms with Crippen LogP contribution >= 0.6 is 0 Å². The molecule has 2 rings (SSSR count). The lowest BCUT2D eigenvalue weighted by Crippen LogP contribution is -2.17. The summed E-state index contributed by atoms with van der Waals surface area (Å²) in [6, 6.07) is 0. The van der Waals surface area contributed by atoms with E-state index in [1.54, 1.807) is 0 Å². The highest BCUT2D eigenvalue weighted by atomic mass is 16.5. The van der Waals surface area contributed by atoms with Gasteiger partial charge in [-0.1, -0.05) is 19.3 Å². The molecule has 1 heterocycles. The second-order valence-electron chi connectivity index (χ2n) is 3.47. The molecule has 0 radical (unpaired) electrons. The fourth-order valence-corrected chi connectivity index (χ4v) is 1.88. The molecule has 0 unspecified atom stereocenters. The molecule has 0 spiro atoms. The number of ether oxygens (including phenoxy) is 1. The van der Waals surface area contributed by atoms with E-state index in [1.165, 1.54) is 19.3 Å². The van der Waals surface area contributed by atoms with Gasteiger partial charge in [0.15, 0.2) is 12.5 Å². The zero-order valence-corrected chi connectivity index (χ0v) is 7.08. The number of amides is 1. The molecule has 3 heteroatoms. The van der Waals surface area contributed by atoms with E-state index in [1.807, 2.05) is 0 Å². The Labute approximate surface area is 71.8 Å². The monoisotopic (exact) mass is 167 g/mol. The van der Waals surface area contributed by atoms with Gasteiger partial charge in [0.05, 0.1) is 0 Å². The molecule has 1 amide bonds. The van der Waals surface area contributed by atoms with Gasteiger partial charge in [-0.05, 0) is 12.8 Å². The first kappa shape index (κ1) is 7.77. The van der Waals surface area contributed by atoms with Crippen LogP contribution in [0.4, 0.5) is 0 Å². The van der Waals surface area contributed by atoms with E-state index in [0.29, 0.717) is 11.8 Å². The number of carbonyl (C=O) groups is 1. The van der Waals surface area contributed by atoms with Crippen molar-refractivity contribution in [3.05, 3.63) is 0 Å². The lowest BCUT2D eigenvalue weighted by Gasteiger charge is -2.20. The Morgan fingerprint density at radius 3 is 2.58 bits per heavy atom. The van der Waals surface area contributed by atoms with Gasteiger partial charge in [0.1, 0.15) is 0 Å². The van der Waals surface area contributed by atoms with Crippen LogP contribution < -0.4 is 0 Å². The first-order valence-electron chi connectivity index (χ1n) is 4.60. The SMILES string of the molecule is O=C1COC(C2CCCCC2)=N1. The fourth-order valence-electron chi connectivity index (χ4n) is 1.88. The number of nitrogens with zero attached hydrogens (tertiary/aromatic N) is 1. The van der Waals surface area contributed by atoms with E-state index in [9.17, 15) is 4.79 Å². The molecule has 0 aromatic carbocycles. The maximum Gasteiger partial charge on any atom is 0.286 e. The maximum absolute atomic E-state index is 10.8. The number of hydrogen-bond acceptors (Lipinski definition) is 2. The van der Waals surface area contributed by atoms with Crippen molar-refractivity contribution in [2.24, 2.45) is 10.9 Å². The van der Waals surface area contributed by atoms with Crippen molar-refractivity contribution >= 4 is 11.8 Å². The molecule has 66 valence electrons. The van der Waals surface area contributed by atoms with Gasteiger partial charge in [0.25, 0.3) is 5.91 Å². The molecule has 1 aliphatic heterocycles. The Kier molecular flexibility index (Phi) is 2.11. The van der Waals surface area contributed by atoms with Gasteiger partial charge in [-0.3, -0.25) is 4.79 Å². The summed E-state index contributed by atoms with van der Waals surface area (Å²) in [5, 5.41) is 0. The Morgan fingerprint density at radius 1 is 1.25 bits per heavy atom. The summed E-state index contributed by atoms with van der Waals surface area (Å²) in [7, 11) is 0. The van der Waals surface area contributed by atoms with Gasteiger partial charge >= 0.3 is 0 Å². The van der Waals surface area contributed by atoms with Crippen LogP contribution in [-0.4, -0.2) is 18.4 Å². The minimum atomic E-state index is -0.115. The Balaban J connectivity index is 1.99. The van der Waals surface area contributed by atoms with Crippen molar-refractivity contribution in [2.45, 2.75) is 32.1 Å². The van der Waals surface area contributed by atoms with Crippen molar-refractivity contribution in [2.75, 3.05) is 6.61 Å². The summed E-state index contributed by atoms with van der Waals surface area (Å²) in [5.41, 5.74) is 0. The van der Waals surface area contributed by atoms with E-state index in [4.69, 9.17) is 4.74 Å². The third-order valence-electron chi connectivity index (χ3n) is 2.53. The summed E-state index contributed by atoms with van der Waals surface area (Å²) in [5.74, 6) is 1.03. The van der Waals surface area contributed by atoms with Crippen LogP contribution in [0.3, 0.4) is 0 Å². The van der Waals surface area contributed by atoms with E-state index in [-0.39, 0.29) is 12.5 Å². The second kappa shape index (κ2) is 3.25. The summed E-state index contributed by atoms with van der Waals surface area (Å²) in [6.45, 7) is 0.172. The van der Waals surface area contributed by atoms with E-state index in [0.717, 1.165) is 12.8 Å². The molecule has 1 fully saturated rings. The van der Waals surface area contributed by atoms with Crippen LogP contribution in [0.2, 0.25) is 0 Å². The molecule has 0 aromatic rings. The van der Waals surface area contributed by atoms with E-state index < -0.39 is 0 Å². The molecule has 0 bridgehead atoms.